The van der Waals surface area contributed by atoms with Crippen molar-refractivity contribution < 1.29 is 9.90 Å². The van der Waals surface area contributed by atoms with Crippen LogP contribution in [-0.2, 0) is 6.42 Å². The second-order valence-corrected chi connectivity index (χ2v) is 6.86. The monoisotopic (exact) mass is 440 g/mol. The van der Waals surface area contributed by atoms with Crippen molar-refractivity contribution in [3.05, 3.63) is 56.7 Å². The third-order valence-corrected chi connectivity index (χ3v) is 4.62. The lowest BCUT2D eigenvalue weighted by atomic mass is 10.1. The summed E-state index contributed by atoms with van der Waals surface area (Å²) in [5.41, 5.74) is 1.51. The van der Waals surface area contributed by atoms with E-state index < -0.39 is 0 Å². The number of rotatable bonds is 6. The molecule has 122 valence electrons. The van der Waals surface area contributed by atoms with Gasteiger partial charge in [0.05, 0.1) is 8.95 Å². The number of phenols is 1. The molecule has 0 saturated heterocycles. The number of aromatic nitrogens is 1. The number of benzene rings is 1. The fraction of sp³-hybridized carbons (Fsp3) is 0.294. The zero-order valence-electron chi connectivity index (χ0n) is 12.8. The van der Waals surface area contributed by atoms with E-state index in [1.54, 1.807) is 18.3 Å². The molecule has 0 radical (unpaired) electrons. The minimum absolute atomic E-state index is 0.0517. The predicted molar refractivity (Wildman–Crippen MR) is 97.6 cm³/mol. The maximum atomic E-state index is 12.8. The van der Waals surface area contributed by atoms with Crippen LogP contribution in [0, 0.1) is 0 Å². The van der Waals surface area contributed by atoms with Gasteiger partial charge in [-0.05, 0) is 62.5 Å². The molecule has 6 heteroatoms. The zero-order valence-corrected chi connectivity index (χ0v) is 16.0. The van der Waals surface area contributed by atoms with Crippen molar-refractivity contribution in [1.29, 1.82) is 0 Å². The van der Waals surface area contributed by atoms with E-state index >= 15 is 0 Å². The fourth-order valence-electron chi connectivity index (χ4n) is 2.25. The topological polar surface area (TPSA) is 53.4 Å². The molecule has 1 heterocycles. The second-order valence-electron chi connectivity index (χ2n) is 5.15. The molecule has 0 unspecified atom stereocenters. The number of amides is 1. The molecule has 2 aromatic rings. The van der Waals surface area contributed by atoms with Crippen LogP contribution in [0.4, 0.5) is 0 Å². The molecular formula is C17H18Br2N2O2. The molecule has 0 saturated carbocycles. The highest BCUT2D eigenvalue weighted by Crippen LogP contribution is 2.33. The first kappa shape index (κ1) is 17.9. The van der Waals surface area contributed by atoms with E-state index in [9.17, 15) is 9.90 Å². The SMILES string of the molecule is CCCN(CCc1ccccn1)C(=O)c1cc(Br)c(O)c(Br)c1. The average molecular weight is 442 g/mol. The van der Waals surface area contributed by atoms with Crippen LogP contribution in [0.3, 0.4) is 0 Å². The lowest BCUT2D eigenvalue weighted by Gasteiger charge is -2.22. The van der Waals surface area contributed by atoms with Crippen LogP contribution in [0.25, 0.3) is 0 Å². The normalized spacial score (nSPS) is 10.6. The van der Waals surface area contributed by atoms with Gasteiger partial charge < -0.3 is 10.0 Å². The Kier molecular flexibility index (Phi) is 6.59. The number of hydrogen-bond donors (Lipinski definition) is 1. The average Bonchev–Trinajstić information content (AvgIpc) is 2.56. The number of hydrogen-bond acceptors (Lipinski definition) is 3. The van der Waals surface area contributed by atoms with Crippen molar-refractivity contribution >= 4 is 37.8 Å². The van der Waals surface area contributed by atoms with Crippen LogP contribution >= 0.6 is 31.9 Å². The van der Waals surface area contributed by atoms with Crippen LogP contribution in [0.5, 0.6) is 5.75 Å². The summed E-state index contributed by atoms with van der Waals surface area (Å²) in [4.78, 5) is 18.9. The summed E-state index contributed by atoms with van der Waals surface area (Å²) in [6.45, 7) is 3.34. The summed E-state index contributed by atoms with van der Waals surface area (Å²) >= 11 is 6.54. The van der Waals surface area contributed by atoms with Gasteiger partial charge in [0.1, 0.15) is 5.75 Å². The van der Waals surface area contributed by atoms with Gasteiger partial charge in [0, 0.05) is 37.0 Å². The van der Waals surface area contributed by atoms with E-state index in [1.165, 1.54) is 0 Å². The highest BCUT2D eigenvalue weighted by molar-refractivity contribution is 9.11. The maximum Gasteiger partial charge on any atom is 0.253 e. The van der Waals surface area contributed by atoms with E-state index in [2.05, 4.69) is 36.8 Å². The van der Waals surface area contributed by atoms with Crippen molar-refractivity contribution in [3.8, 4) is 5.75 Å². The van der Waals surface area contributed by atoms with E-state index in [0.717, 1.165) is 12.1 Å². The molecule has 1 N–H and O–H groups in total. The Bertz CT molecular complexity index is 655. The fourth-order valence-corrected chi connectivity index (χ4v) is 3.44. The molecule has 2 rings (SSSR count). The van der Waals surface area contributed by atoms with Crippen molar-refractivity contribution in [2.24, 2.45) is 0 Å². The van der Waals surface area contributed by atoms with Crippen LogP contribution in [0.15, 0.2) is 45.5 Å². The first-order valence-electron chi connectivity index (χ1n) is 7.40. The van der Waals surface area contributed by atoms with E-state index in [-0.39, 0.29) is 11.7 Å². The molecule has 1 aromatic carbocycles. The molecule has 0 bridgehead atoms. The first-order valence-corrected chi connectivity index (χ1v) is 8.98. The summed E-state index contributed by atoms with van der Waals surface area (Å²) in [6, 6.07) is 9.08. The smallest absolute Gasteiger partial charge is 0.253 e. The Balaban J connectivity index is 2.15. The van der Waals surface area contributed by atoms with Gasteiger partial charge in [-0.3, -0.25) is 9.78 Å². The Morgan fingerprint density at radius 3 is 2.48 bits per heavy atom. The molecule has 0 aliphatic heterocycles. The molecule has 23 heavy (non-hydrogen) atoms. The summed E-state index contributed by atoms with van der Waals surface area (Å²) in [5, 5.41) is 9.78. The highest BCUT2D eigenvalue weighted by Gasteiger charge is 2.18. The Labute approximate surface area is 152 Å². The lowest BCUT2D eigenvalue weighted by molar-refractivity contribution is 0.0757. The van der Waals surface area contributed by atoms with Gasteiger partial charge in [-0.1, -0.05) is 13.0 Å². The molecule has 0 fully saturated rings. The number of carbonyl (C=O) groups is 1. The van der Waals surface area contributed by atoms with Crippen molar-refractivity contribution in [3.63, 3.8) is 0 Å². The minimum Gasteiger partial charge on any atom is -0.506 e. The predicted octanol–water partition coefficient (Wildman–Crippen LogP) is 4.41. The van der Waals surface area contributed by atoms with Gasteiger partial charge in [-0.25, -0.2) is 0 Å². The minimum atomic E-state index is -0.0517. The molecular weight excluding hydrogens is 424 g/mol. The number of nitrogens with zero attached hydrogens (tertiary/aromatic N) is 2. The van der Waals surface area contributed by atoms with E-state index in [0.29, 0.717) is 34.0 Å². The van der Waals surface area contributed by atoms with Crippen LogP contribution < -0.4 is 0 Å². The number of halogens is 2. The standard InChI is InChI=1S/C17H18Br2N2O2/c1-2-8-21(9-6-13-5-3-4-7-20-13)17(23)12-10-14(18)16(22)15(19)11-12/h3-5,7,10-11,22H,2,6,8-9H2,1H3. The number of aromatic hydroxyl groups is 1. The van der Waals surface area contributed by atoms with Crippen LogP contribution in [0.2, 0.25) is 0 Å². The molecule has 0 aliphatic rings. The summed E-state index contributed by atoms with van der Waals surface area (Å²) in [7, 11) is 0. The summed E-state index contributed by atoms with van der Waals surface area (Å²) in [6.07, 6.45) is 3.36. The van der Waals surface area contributed by atoms with Crippen LogP contribution in [-0.4, -0.2) is 34.0 Å². The van der Waals surface area contributed by atoms with Gasteiger partial charge in [-0.2, -0.15) is 0 Å². The third-order valence-electron chi connectivity index (χ3n) is 3.41. The number of pyridine rings is 1. The Hall–Kier alpha value is -1.40. The van der Waals surface area contributed by atoms with Gasteiger partial charge in [0.15, 0.2) is 0 Å². The molecule has 4 nitrogen and oxygen atoms in total. The largest absolute Gasteiger partial charge is 0.506 e. The van der Waals surface area contributed by atoms with Gasteiger partial charge >= 0.3 is 0 Å². The van der Waals surface area contributed by atoms with Crippen molar-refractivity contribution in [2.45, 2.75) is 19.8 Å². The van der Waals surface area contributed by atoms with Gasteiger partial charge in [0.25, 0.3) is 5.91 Å². The summed E-state index contributed by atoms with van der Waals surface area (Å²) < 4.78 is 0.993. The van der Waals surface area contributed by atoms with Crippen molar-refractivity contribution in [1.82, 2.24) is 9.88 Å². The van der Waals surface area contributed by atoms with Gasteiger partial charge in [0.2, 0.25) is 0 Å². The van der Waals surface area contributed by atoms with E-state index in [1.807, 2.05) is 30.0 Å². The zero-order chi connectivity index (χ0) is 16.8. The third kappa shape index (κ3) is 4.78. The quantitative estimate of drug-likeness (QED) is 0.722. The second kappa shape index (κ2) is 8.45. The van der Waals surface area contributed by atoms with Gasteiger partial charge in [-0.15, -0.1) is 0 Å². The number of carbonyl (C=O) groups excluding carboxylic acids is 1. The molecule has 1 aromatic heterocycles. The first-order chi connectivity index (χ1) is 11.0. The van der Waals surface area contributed by atoms with Crippen LogP contribution in [0.1, 0.15) is 29.4 Å². The lowest BCUT2D eigenvalue weighted by Crippen LogP contribution is -2.33. The molecule has 0 aliphatic carbocycles. The summed E-state index contributed by atoms with van der Waals surface area (Å²) in [5.74, 6) is 0.0428. The molecule has 1 amide bonds. The Morgan fingerprint density at radius 1 is 1.22 bits per heavy atom. The maximum absolute atomic E-state index is 12.8. The molecule has 0 atom stereocenters. The van der Waals surface area contributed by atoms with E-state index in [4.69, 9.17) is 0 Å². The van der Waals surface area contributed by atoms with Crippen molar-refractivity contribution in [2.75, 3.05) is 13.1 Å². The number of phenolic OH excluding ortho intramolecular Hbond substituents is 1. The Morgan fingerprint density at radius 2 is 1.91 bits per heavy atom. The molecule has 0 spiro atoms. The highest BCUT2D eigenvalue weighted by atomic mass is 79.9.